The number of nitrogens with zero attached hydrogens (tertiary/aromatic N) is 1. The van der Waals surface area contributed by atoms with E-state index in [-0.39, 0.29) is 0 Å². The van der Waals surface area contributed by atoms with Crippen LogP contribution < -0.4 is 4.74 Å². The summed E-state index contributed by atoms with van der Waals surface area (Å²) in [6, 6.07) is 3.54. The molecule has 1 aromatic rings. The number of carbonyl (C=O) groups is 1. The molecule has 0 radical (unpaired) electrons. The monoisotopic (exact) mass is 195 g/mol. The van der Waals surface area contributed by atoms with Crippen molar-refractivity contribution in [3.63, 3.8) is 0 Å². The number of aldehydes is 1. The lowest BCUT2D eigenvalue weighted by molar-refractivity contribution is 0.110. The van der Waals surface area contributed by atoms with Crippen LogP contribution in [-0.4, -0.2) is 31.6 Å². The zero-order valence-electron chi connectivity index (χ0n) is 8.32. The van der Waals surface area contributed by atoms with E-state index in [1.54, 1.807) is 19.2 Å². The van der Waals surface area contributed by atoms with Gasteiger partial charge in [-0.05, 0) is 19.1 Å². The van der Waals surface area contributed by atoms with Crippen molar-refractivity contribution in [1.82, 2.24) is 4.98 Å². The highest BCUT2D eigenvalue weighted by atomic mass is 16.5. The van der Waals surface area contributed by atoms with Crippen LogP contribution in [0, 0.1) is 6.92 Å². The molecule has 14 heavy (non-hydrogen) atoms. The second-order valence-electron chi connectivity index (χ2n) is 2.80. The van der Waals surface area contributed by atoms with Crippen molar-refractivity contribution >= 4 is 6.29 Å². The molecule has 0 aliphatic rings. The minimum absolute atomic E-state index is 0.334. The van der Waals surface area contributed by atoms with E-state index in [0.717, 1.165) is 5.69 Å². The zero-order chi connectivity index (χ0) is 10.4. The number of aromatic nitrogens is 1. The summed E-state index contributed by atoms with van der Waals surface area (Å²) in [6.45, 7) is 2.74. The van der Waals surface area contributed by atoms with Crippen molar-refractivity contribution in [3.8, 4) is 5.75 Å². The summed E-state index contributed by atoms with van der Waals surface area (Å²) in [7, 11) is 1.59. The predicted octanol–water partition coefficient (Wildman–Crippen LogP) is 1.23. The molecule has 0 atom stereocenters. The molecule has 0 aromatic carbocycles. The van der Waals surface area contributed by atoms with E-state index in [0.29, 0.717) is 30.9 Å². The minimum Gasteiger partial charge on any atom is -0.489 e. The van der Waals surface area contributed by atoms with Crippen molar-refractivity contribution in [2.45, 2.75) is 6.92 Å². The van der Waals surface area contributed by atoms with Crippen LogP contribution in [0.2, 0.25) is 0 Å². The standard InChI is InChI=1S/C10H13NO3/c1-8-3-4-10(9(7-12)11-8)14-6-5-13-2/h3-4,7H,5-6H2,1-2H3. The van der Waals surface area contributed by atoms with Crippen molar-refractivity contribution in [3.05, 3.63) is 23.5 Å². The number of carbonyl (C=O) groups excluding carboxylic acids is 1. The summed E-state index contributed by atoms with van der Waals surface area (Å²) < 4.78 is 10.1. The zero-order valence-corrected chi connectivity index (χ0v) is 8.32. The van der Waals surface area contributed by atoms with Gasteiger partial charge in [-0.15, -0.1) is 0 Å². The number of ether oxygens (including phenoxy) is 2. The Kier molecular flexibility index (Phi) is 4.07. The lowest BCUT2D eigenvalue weighted by Gasteiger charge is -2.07. The largest absolute Gasteiger partial charge is 0.489 e. The smallest absolute Gasteiger partial charge is 0.172 e. The summed E-state index contributed by atoms with van der Waals surface area (Å²) in [6.07, 6.45) is 0.690. The van der Waals surface area contributed by atoms with Gasteiger partial charge in [0.1, 0.15) is 18.1 Å². The highest BCUT2D eigenvalue weighted by molar-refractivity contribution is 5.76. The van der Waals surface area contributed by atoms with Gasteiger partial charge in [-0.1, -0.05) is 0 Å². The molecular formula is C10H13NO3. The third-order valence-electron chi connectivity index (χ3n) is 1.68. The number of methoxy groups -OCH3 is 1. The van der Waals surface area contributed by atoms with Crippen LogP contribution in [0.15, 0.2) is 12.1 Å². The summed E-state index contributed by atoms with van der Waals surface area (Å²) in [5.74, 6) is 0.502. The Morgan fingerprint density at radius 2 is 2.21 bits per heavy atom. The van der Waals surface area contributed by atoms with Gasteiger partial charge in [0.2, 0.25) is 0 Å². The van der Waals surface area contributed by atoms with E-state index in [1.807, 2.05) is 6.92 Å². The van der Waals surface area contributed by atoms with Crippen LogP contribution in [0.3, 0.4) is 0 Å². The van der Waals surface area contributed by atoms with E-state index < -0.39 is 0 Å². The molecule has 4 nitrogen and oxygen atoms in total. The van der Waals surface area contributed by atoms with E-state index >= 15 is 0 Å². The normalized spacial score (nSPS) is 9.86. The minimum atomic E-state index is 0.334. The number of aryl methyl sites for hydroxylation is 1. The van der Waals surface area contributed by atoms with Gasteiger partial charge < -0.3 is 9.47 Å². The average Bonchev–Trinajstić information content (AvgIpc) is 2.20. The summed E-state index contributed by atoms with van der Waals surface area (Å²) in [5.41, 5.74) is 1.13. The second-order valence-corrected chi connectivity index (χ2v) is 2.80. The molecule has 0 unspecified atom stereocenters. The molecule has 0 saturated heterocycles. The Hall–Kier alpha value is -1.42. The van der Waals surface area contributed by atoms with Crippen LogP contribution in [0.1, 0.15) is 16.2 Å². The van der Waals surface area contributed by atoms with Crippen LogP contribution in [0.4, 0.5) is 0 Å². The van der Waals surface area contributed by atoms with Crippen molar-refractivity contribution in [2.75, 3.05) is 20.3 Å². The lowest BCUT2D eigenvalue weighted by atomic mass is 10.3. The Morgan fingerprint density at radius 3 is 2.86 bits per heavy atom. The van der Waals surface area contributed by atoms with Gasteiger partial charge in [-0.2, -0.15) is 0 Å². The fourth-order valence-corrected chi connectivity index (χ4v) is 1.01. The molecule has 1 heterocycles. The first-order valence-corrected chi connectivity index (χ1v) is 4.32. The fourth-order valence-electron chi connectivity index (χ4n) is 1.01. The first-order chi connectivity index (χ1) is 6.77. The fraction of sp³-hybridized carbons (Fsp3) is 0.400. The molecule has 76 valence electrons. The number of pyridine rings is 1. The van der Waals surface area contributed by atoms with Crippen molar-refractivity contribution in [2.24, 2.45) is 0 Å². The van der Waals surface area contributed by atoms with Crippen LogP contribution in [0.5, 0.6) is 5.75 Å². The SMILES string of the molecule is COCCOc1ccc(C)nc1C=O. The van der Waals surface area contributed by atoms with Gasteiger partial charge in [0.05, 0.1) is 6.61 Å². The molecule has 0 N–H and O–H groups in total. The molecule has 1 aromatic heterocycles. The van der Waals surface area contributed by atoms with Crippen LogP contribution in [-0.2, 0) is 4.74 Å². The number of rotatable bonds is 5. The van der Waals surface area contributed by atoms with E-state index in [9.17, 15) is 4.79 Å². The molecule has 0 saturated carbocycles. The lowest BCUT2D eigenvalue weighted by Crippen LogP contribution is -2.06. The number of hydrogen-bond donors (Lipinski definition) is 0. The summed E-state index contributed by atoms with van der Waals surface area (Å²) in [5, 5.41) is 0. The maximum Gasteiger partial charge on any atom is 0.172 e. The molecule has 0 aliphatic carbocycles. The van der Waals surface area contributed by atoms with Gasteiger partial charge in [0.15, 0.2) is 6.29 Å². The molecule has 0 spiro atoms. The van der Waals surface area contributed by atoms with E-state index in [4.69, 9.17) is 9.47 Å². The van der Waals surface area contributed by atoms with Crippen molar-refractivity contribution < 1.29 is 14.3 Å². The van der Waals surface area contributed by atoms with Gasteiger partial charge in [-0.3, -0.25) is 4.79 Å². The van der Waals surface area contributed by atoms with Gasteiger partial charge in [0, 0.05) is 12.8 Å². The molecule has 0 aliphatic heterocycles. The van der Waals surface area contributed by atoms with Gasteiger partial charge in [0.25, 0.3) is 0 Å². The highest BCUT2D eigenvalue weighted by Crippen LogP contribution is 2.14. The van der Waals surface area contributed by atoms with Gasteiger partial charge in [-0.25, -0.2) is 4.98 Å². The molecule has 1 rings (SSSR count). The first kappa shape index (κ1) is 10.7. The molecule has 4 heteroatoms. The molecule has 0 bridgehead atoms. The third-order valence-corrected chi connectivity index (χ3v) is 1.68. The maximum atomic E-state index is 10.6. The maximum absolute atomic E-state index is 10.6. The molecular weight excluding hydrogens is 182 g/mol. The average molecular weight is 195 g/mol. The van der Waals surface area contributed by atoms with E-state index in [2.05, 4.69) is 4.98 Å². The Bertz CT molecular complexity index is 312. The van der Waals surface area contributed by atoms with Crippen LogP contribution in [0.25, 0.3) is 0 Å². The Balaban J connectivity index is 2.70. The number of hydrogen-bond acceptors (Lipinski definition) is 4. The Labute approximate surface area is 82.9 Å². The third kappa shape index (κ3) is 2.81. The van der Waals surface area contributed by atoms with Gasteiger partial charge >= 0.3 is 0 Å². The molecule has 0 fully saturated rings. The molecule has 0 amide bonds. The predicted molar refractivity (Wildman–Crippen MR) is 51.7 cm³/mol. The van der Waals surface area contributed by atoms with Crippen LogP contribution >= 0.6 is 0 Å². The second kappa shape index (κ2) is 5.34. The van der Waals surface area contributed by atoms with Crippen molar-refractivity contribution in [1.29, 1.82) is 0 Å². The summed E-state index contributed by atoms with van der Waals surface area (Å²) in [4.78, 5) is 14.7. The topological polar surface area (TPSA) is 48.4 Å². The first-order valence-electron chi connectivity index (χ1n) is 4.32. The highest BCUT2D eigenvalue weighted by Gasteiger charge is 2.03. The van der Waals surface area contributed by atoms with E-state index in [1.165, 1.54) is 0 Å². The quantitative estimate of drug-likeness (QED) is 0.523. The summed E-state index contributed by atoms with van der Waals surface area (Å²) >= 11 is 0. The Morgan fingerprint density at radius 1 is 1.43 bits per heavy atom.